The molecule has 200 valence electrons. The molecule has 0 bridgehead atoms. The van der Waals surface area contributed by atoms with Gasteiger partial charge in [-0.3, -0.25) is 4.79 Å². The van der Waals surface area contributed by atoms with Crippen molar-refractivity contribution in [1.29, 1.82) is 0 Å². The molecule has 2 heterocycles. The number of halogens is 3. The van der Waals surface area contributed by atoms with Crippen LogP contribution >= 0.6 is 0 Å². The van der Waals surface area contributed by atoms with Gasteiger partial charge in [-0.05, 0) is 62.8 Å². The number of alkyl carbamates (subject to hydrolysis) is 1. The molecule has 1 saturated heterocycles. The van der Waals surface area contributed by atoms with E-state index < -0.39 is 23.8 Å². The summed E-state index contributed by atoms with van der Waals surface area (Å²) in [4.78, 5) is 30.6. The number of rotatable bonds is 5. The van der Waals surface area contributed by atoms with Crippen LogP contribution in [-0.4, -0.2) is 84.0 Å². The number of guanidine groups is 1. The van der Waals surface area contributed by atoms with Gasteiger partial charge in [0.25, 0.3) is 0 Å². The van der Waals surface area contributed by atoms with Crippen molar-refractivity contribution in [2.45, 2.75) is 51.9 Å². The molecule has 2 aliphatic rings. The van der Waals surface area contributed by atoms with E-state index in [-0.39, 0.29) is 31.6 Å². The van der Waals surface area contributed by atoms with Crippen LogP contribution in [0.15, 0.2) is 23.2 Å². The molecule has 1 aromatic carbocycles. The molecule has 0 aromatic heterocycles. The maximum absolute atomic E-state index is 13.1. The van der Waals surface area contributed by atoms with E-state index in [4.69, 9.17) is 14.6 Å². The van der Waals surface area contributed by atoms with Crippen molar-refractivity contribution in [3.8, 4) is 5.75 Å². The summed E-state index contributed by atoms with van der Waals surface area (Å²) < 4.78 is 49.9. The van der Waals surface area contributed by atoms with Crippen molar-refractivity contribution in [2.24, 2.45) is 10.9 Å². The molecule has 9 nitrogen and oxygen atoms in total. The second kappa shape index (κ2) is 11.4. The zero-order valence-electron chi connectivity index (χ0n) is 20.7. The Morgan fingerprint density at radius 3 is 2.58 bits per heavy atom. The van der Waals surface area contributed by atoms with Gasteiger partial charge in [0.05, 0.1) is 6.61 Å². The quantitative estimate of drug-likeness (QED) is 0.460. The fourth-order valence-electron chi connectivity index (χ4n) is 4.17. The van der Waals surface area contributed by atoms with Crippen molar-refractivity contribution in [1.82, 2.24) is 15.1 Å². The van der Waals surface area contributed by atoms with Crippen LogP contribution in [-0.2, 0) is 22.5 Å². The summed E-state index contributed by atoms with van der Waals surface area (Å²) in [6, 6.07) is 5.42. The molecular formula is C24H33F3N4O5. The average Bonchev–Trinajstić information content (AvgIpc) is 3.26. The van der Waals surface area contributed by atoms with Gasteiger partial charge in [0.1, 0.15) is 18.0 Å². The predicted octanol–water partition coefficient (Wildman–Crippen LogP) is 2.71. The van der Waals surface area contributed by atoms with Crippen LogP contribution < -0.4 is 10.1 Å². The molecular weight excluding hydrogens is 481 g/mol. The zero-order valence-corrected chi connectivity index (χ0v) is 20.7. The number of nitrogens with one attached hydrogen (secondary N) is 1. The van der Waals surface area contributed by atoms with Gasteiger partial charge in [-0.2, -0.15) is 18.2 Å². The molecule has 1 fully saturated rings. The molecule has 0 saturated carbocycles. The second-order valence-electron chi connectivity index (χ2n) is 9.87. The van der Waals surface area contributed by atoms with Gasteiger partial charge >= 0.3 is 18.2 Å². The fraction of sp³-hybridized carbons (Fsp3) is 0.625. The number of benzene rings is 1. The van der Waals surface area contributed by atoms with Gasteiger partial charge in [0, 0.05) is 32.7 Å². The molecule has 1 unspecified atom stereocenters. The third-order valence-corrected chi connectivity index (χ3v) is 5.78. The van der Waals surface area contributed by atoms with Crippen molar-refractivity contribution in [2.75, 3.05) is 39.4 Å². The molecule has 2 amide bonds. The lowest BCUT2D eigenvalue weighted by molar-refractivity contribution is -0.169. The summed E-state index contributed by atoms with van der Waals surface area (Å²) in [5.41, 5.74) is 1.25. The largest absolute Gasteiger partial charge is 0.491 e. The Bertz CT molecular complexity index is 977. The van der Waals surface area contributed by atoms with E-state index in [1.807, 2.05) is 12.1 Å². The van der Waals surface area contributed by atoms with Crippen LogP contribution in [0.2, 0.25) is 0 Å². The molecule has 0 aliphatic carbocycles. The Morgan fingerprint density at radius 2 is 1.92 bits per heavy atom. The van der Waals surface area contributed by atoms with E-state index in [0.29, 0.717) is 44.8 Å². The average molecular weight is 515 g/mol. The SMILES string of the molecule is CC(C)(C)OC(=O)NCC1CCN(/C(=N\C(=O)C(F)(F)F)N2CCc3cc(OCCO)ccc3C2)C1. The maximum Gasteiger partial charge on any atom is 0.473 e. The molecule has 1 aromatic rings. The lowest BCUT2D eigenvalue weighted by Crippen LogP contribution is -2.47. The first kappa shape index (κ1) is 27.6. The molecule has 2 N–H and O–H groups in total. The molecule has 3 rings (SSSR count). The Labute approximate surface area is 208 Å². The van der Waals surface area contributed by atoms with Gasteiger partial charge in [-0.1, -0.05) is 6.07 Å². The fourth-order valence-corrected chi connectivity index (χ4v) is 4.17. The van der Waals surface area contributed by atoms with Crippen molar-refractivity contribution >= 4 is 18.0 Å². The first-order valence-corrected chi connectivity index (χ1v) is 11.9. The van der Waals surface area contributed by atoms with Crippen LogP contribution in [0.25, 0.3) is 0 Å². The first-order chi connectivity index (χ1) is 16.9. The second-order valence-corrected chi connectivity index (χ2v) is 9.87. The number of alkyl halides is 3. The summed E-state index contributed by atoms with van der Waals surface area (Å²) >= 11 is 0. The monoisotopic (exact) mass is 514 g/mol. The summed E-state index contributed by atoms with van der Waals surface area (Å²) in [6.45, 7) is 7.03. The smallest absolute Gasteiger partial charge is 0.473 e. The summed E-state index contributed by atoms with van der Waals surface area (Å²) in [7, 11) is 0. The summed E-state index contributed by atoms with van der Waals surface area (Å²) in [5.74, 6) is -1.58. The van der Waals surface area contributed by atoms with Crippen LogP contribution in [0.4, 0.5) is 18.0 Å². The van der Waals surface area contributed by atoms with E-state index >= 15 is 0 Å². The van der Waals surface area contributed by atoms with Crippen LogP contribution in [0.3, 0.4) is 0 Å². The van der Waals surface area contributed by atoms with E-state index in [9.17, 15) is 22.8 Å². The molecule has 12 heteroatoms. The number of aliphatic hydroxyl groups is 1. The Balaban J connectivity index is 1.71. The first-order valence-electron chi connectivity index (χ1n) is 11.9. The molecule has 2 aliphatic heterocycles. The van der Waals surface area contributed by atoms with Crippen molar-refractivity contribution < 1.29 is 37.3 Å². The molecule has 1 atom stereocenters. The summed E-state index contributed by atoms with van der Waals surface area (Å²) in [5, 5.41) is 11.6. The number of aliphatic hydroxyl groups excluding tert-OH is 1. The number of hydrogen-bond donors (Lipinski definition) is 2. The Morgan fingerprint density at radius 1 is 1.17 bits per heavy atom. The van der Waals surface area contributed by atoms with Crippen LogP contribution in [0, 0.1) is 5.92 Å². The normalized spacial score (nSPS) is 18.6. The van der Waals surface area contributed by atoms with Crippen molar-refractivity contribution in [3.63, 3.8) is 0 Å². The minimum atomic E-state index is -5.07. The number of carbonyl (C=O) groups is 2. The highest BCUT2D eigenvalue weighted by Crippen LogP contribution is 2.27. The third kappa shape index (κ3) is 7.74. The van der Waals surface area contributed by atoms with Gasteiger partial charge < -0.3 is 29.7 Å². The molecule has 0 radical (unpaired) electrons. The van der Waals surface area contributed by atoms with Crippen molar-refractivity contribution in [3.05, 3.63) is 29.3 Å². The number of carbonyl (C=O) groups excluding carboxylic acids is 2. The van der Waals surface area contributed by atoms with Crippen LogP contribution in [0.1, 0.15) is 38.3 Å². The number of amides is 2. The van der Waals surface area contributed by atoms with E-state index in [1.54, 1.807) is 36.6 Å². The highest BCUT2D eigenvalue weighted by molar-refractivity contribution is 5.96. The molecule has 36 heavy (non-hydrogen) atoms. The lowest BCUT2D eigenvalue weighted by atomic mass is 9.99. The highest BCUT2D eigenvalue weighted by Gasteiger charge is 2.41. The van der Waals surface area contributed by atoms with E-state index in [0.717, 1.165) is 11.1 Å². The number of nitrogens with zero attached hydrogens (tertiary/aromatic N) is 3. The number of fused-ring (bicyclic) bond motifs is 1. The minimum absolute atomic E-state index is 0.0108. The van der Waals surface area contributed by atoms with Gasteiger partial charge in [-0.15, -0.1) is 0 Å². The number of ether oxygens (including phenoxy) is 2. The van der Waals surface area contributed by atoms with E-state index in [1.165, 1.54) is 0 Å². The topological polar surface area (TPSA) is 104 Å². The highest BCUT2D eigenvalue weighted by atomic mass is 19.4. The standard InChI is InChI=1S/C24H33F3N4O5/c1-23(2,3)36-22(34)28-13-16-6-8-30(14-16)21(29-20(33)24(25,26)27)31-9-7-17-12-19(35-11-10-32)5-4-18(17)15-31/h4-5,12,16,32H,6-11,13-15H2,1-3H3,(H,28,34)/b29-21+. The van der Waals surface area contributed by atoms with E-state index in [2.05, 4.69) is 10.3 Å². The third-order valence-electron chi connectivity index (χ3n) is 5.78. The maximum atomic E-state index is 13.1. The van der Waals surface area contributed by atoms with Gasteiger partial charge in [0.2, 0.25) is 5.96 Å². The number of aliphatic imine (C=N–C) groups is 1. The predicted molar refractivity (Wildman–Crippen MR) is 126 cm³/mol. The minimum Gasteiger partial charge on any atom is -0.491 e. The lowest BCUT2D eigenvalue weighted by Gasteiger charge is -2.35. The van der Waals surface area contributed by atoms with Gasteiger partial charge in [-0.25, -0.2) is 4.79 Å². The van der Waals surface area contributed by atoms with Gasteiger partial charge in [0.15, 0.2) is 0 Å². The van der Waals surface area contributed by atoms with Crippen LogP contribution in [0.5, 0.6) is 5.75 Å². The number of hydrogen-bond acceptors (Lipinski definition) is 5. The molecule has 0 spiro atoms. The Kier molecular flexibility index (Phi) is 8.70. The zero-order chi connectivity index (χ0) is 26.5. The number of likely N-dealkylation sites (tertiary alicyclic amines) is 1. The Hall–Kier alpha value is -3.02. The summed E-state index contributed by atoms with van der Waals surface area (Å²) in [6.07, 6.45) is -4.49.